The van der Waals surface area contributed by atoms with Crippen molar-refractivity contribution in [1.82, 2.24) is 13.5 Å². The molecule has 128 valence electrons. The first kappa shape index (κ1) is 17.7. The summed E-state index contributed by atoms with van der Waals surface area (Å²) in [6.45, 7) is 1.31. The molecule has 0 spiro atoms. The van der Waals surface area contributed by atoms with Crippen LogP contribution in [0.25, 0.3) is 0 Å². The highest BCUT2D eigenvalue weighted by Gasteiger charge is 2.43. The second kappa shape index (κ2) is 7.27. The largest absolute Gasteiger partial charge is 0.345 e. The van der Waals surface area contributed by atoms with Gasteiger partial charge in [0.1, 0.15) is 0 Å². The lowest BCUT2D eigenvalue weighted by Crippen LogP contribution is -2.50. The standard InChI is InChI=1S/C15H29N3O3S/c1-16(2)22(20,21)18-12-7-5-4-6-11-17(3)15(19)13-9-8-10-14(13)18/h13-14H,4-12H2,1-3H3/t13-,14+/m1/s1. The first-order chi connectivity index (χ1) is 10.4. The van der Waals surface area contributed by atoms with Crippen LogP contribution in [0.1, 0.15) is 44.9 Å². The summed E-state index contributed by atoms with van der Waals surface area (Å²) in [7, 11) is 1.50. The first-order valence-electron chi connectivity index (χ1n) is 8.30. The van der Waals surface area contributed by atoms with Crippen LogP contribution < -0.4 is 0 Å². The Hall–Kier alpha value is -0.660. The summed E-state index contributed by atoms with van der Waals surface area (Å²) in [5, 5.41) is 0. The van der Waals surface area contributed by atoms with Gasteiger partial charge in [0, 0.05) is 40.3 Å². The van der Waals surface area contributed by atoms with Crippen molar-refractivity contribution in [2.24, 2.45) is 5.92 Å². The van der Waals surface area contributed by atoms with Gasteiger partial charge >= 0.3 is 0 Å². The van der Waals surface area contributed by atoms with E-state index in [2.05, 4.69) is 0 Å². The lowest BCUT2D eigenvalue weighted by atomic mass is 10.0. The van der Waals surface area contributed by atoms with Crippen molar-refractivity contribution in [3.8, 4) is 0 Å². The number of carbonyl (C=O) groups excluding carboxylic acids is 1. The summed E-state index contributed by atoms with van der Waals surface area (Å²) in [5.41, 5.74) is 0. The Morgan fingerprint density at radius 2 is 1.64 bits per heavy atom. The second-order valence-corrected chi connectivity index (χ2v) is 8.77. The summed E-state index contributed by atoms with van der Waals surface area (Å²) in [4.78, 5) is 14.5. The van der Waals surface area contributed by atoms with Gasteiger partial charge < -0.3 is 4.90 Å². The molecule has 0 radical (unpaired) electrons. The van der Waals surface area contributed by atoms with E-state index >= 15 is 0 Å². The minimum Gasteiger partial charge on any atom is -0.345 e. The van der Waals surface area contributed by atoms with Gasteiger partial charge in [-0.1, -0.05) is 19.3 Å². The summed E-state index contributed by atoms with van der Waals surface area (Å²) in [6.07, 6.45) is 6.44. The molecule has 0 aromatic carbocycles. The van der Waals surface area contributed by atoms with E-state index in [0.717, 1.165) is 51.5 Å². The molecule has 1 saturated heterocycles. The molecule has 2 rings (SSSR count). The van der Waals surface area contributed by atoms with Gasteiger partial charge in [-0.2, -0.15) is 17.0 Å². The van der Waals surface area contributed by atoms with Crippen molar-refractivity contribution in [1.29, 1.82) is 0 Å². The smallest absolute Gasteiger partial charge is 0.281 e. The Kier molecular flexibility index (Phi) is 5.85. The van der Waals surface area contributed by atoms with Crippen molar-refractivity contribution < 1.29 is 13.2 Å². The van der Waals surface area contributed by atoms with E-state index in [1.165, 1.54) is 4.31 Å². The number of hydrogen-bond acceptors (Lipinski definition) is 3. The average Bonchev–Trinajstić information content (AvgIpc) is 2.92. The lowest BCUT2D eigenvalue weighted by Gasteiger charge is -2.34. The topological polar surface area (TPSA) is 60.9 Å². The molecule has 1 heterocycles. The quantitative estimate of drug-likeness (QED) is 0.766. The second-order valence-electron chi connectivity index (χ2n) is 6.68. The molecule has 0 unspecified atom stereocenters. The monoisotopic (exact) mass is 331 g/mol. The fourth-order valence-corrected chi connectivity index (χ4v) is 4.97. The van der Waals surface area contributed by atoms with Gasteiger partial charge in [-0.15, -0.1) is 0 Å². The summed E-state index contributed by atoms with van der Waals surface area (Å²) in [6, 6.07) is -0.180. The van der Waals surface area contributed by atoms with Crippen molar-refractivity contribution in [2.45, 2.75) is 51.0 Å². The molecule has 22 heavy (non-hydrogen) atoms. The number of rotatable bonds is 2. The Bertz CT molecular complexity index is 492. The molecular formula is C15H29N3O3S. The van der Waals surface area contributed by atoms with Gasteiger partial charge in [0.2, 0.25) is 5.91 Å². The molecule has 6 nitrogen and oxygen atoms in total. The number of amides is 1. The van der Waals surface area contributed by atoms with Crippen molar-refractivity contribution in [3.63, 3.8) is 0 Å². The predicted molar refractivity (Wildman–Crippen MR) is 86.5 cm³/mol. The number of hydrogen-bond donors (Lipinski definition) is 0. The number of carbonyl (C=O) groups is 1. The Labute approximate surface area is 134 Å². The van der Waals surface area contributed by atoms with E-state index in [0.29, 0.717) is 6.54 Å². The van der Waals surface area contributed by atoms with Crippen molar-refractivity contribution >= 4 is 16.1 Å². The zero-order valence-corrected chi connectivity index (χ0v) is 14.8. The molecule has 0 N–H and O–H groups in total. The molecule has 1 aliphatic heterocycles. The van der Waals surface area contributed by atoms with Gasteiger partial charge in [0.15, 0.2) is 0 Å². The van der Waals surface area contributed by atoms with Crippen LogP contribution in [0.3, 0.4) is 0 Å². The molecule has 2 fully saturated rings. The molecule has 0 bridgehead atoms. The molecule has 1 aliphatic carbocycles. The zero-order valence-electron chi connectivity index (χ0n) is 14.0. The minimum atomic E-state index is -3.48. The van der Waals surface area contributed by atoms with Gasteiger partial charge in [0.25, 0.3) is 10.2 Å². The highest BCUT2D eigenvalue weighted by atomic mass is 32.2. The maximum atomic E-state index is 12.7. The zero-order chi connectivity index (χ0) is 16.3. The predicted octanol–water partition coefficient (Wildman–Crippen LogP) is 1.30. The van der Waals surface area contributed by atoms with E-state index in [1.807, 2.05) is 7.05 Å². The summed E-state index contributed by atoms with van der Waals surface area (Å²) in [5.74, 6) is -0.0684. The molecular weight excluding hydrogens is 302 g/mol. The summed E-state index contributed by atoms with van der Waals surface area (Å²) < 4.78 is 28.3. The fraction of sp³-hybridized carbons (Fsp3) is 0.933. The van der Waals surface area contributed by atoms with E-state index in [-0.39, 0.29) is 17.9 Å². The molecule has 7 heteroatoms. The van der Waals surface area contributed by atoms with E-state index < -0.39 is 10.2 Å². The Morgan fingerprint density at radius 1 is 1.00 bits per heavy atom. The highest BCUT2D eigenvalue weighted by Crippen LogP contribution is 2.34. The van der Waals surface area contributed by atoms with Gasteiger partial charge in [-0.3, -0.25) is 4.79 Å². The highest BCUT2D eigenvalue weighted by molar-refractivity contribution is 7.86. The first-order valence-corrected chi connectivity index (χ1v) is 9.69. The molecule has 1 amide bonds. The van der Waals surface area contributed by atoms with Gasteiger partial charge in [-0.25, -0.2) is 0 Å². The molecule has 0 aromatic rings. The average molecular weight is 331 g/mol. The fourth-order valence-electron chi connectivity index (χ4n) is 3.60. The third-order valence-electron chi connectivity index (χ3n) is 4.92. The van der Waals surface area contributed by atoms with E-state index in [4.69, 9.17) is 0 Å². The molecule has 1 saturated carbocycles. The van der Waals surface area contributed by atoms with Crippen LogP contribution in [0.4, 0.5) is 0 Å². The Balaban J connectivity index is 2.31. The lowest BCUT2D eigenvalue weighted by molar-refractivity contribution is -0.135. The van der Waals surface area contributed by atoms with Gasteiger partial charge in [0.05, 0.1) is 5.92 Å². The normalized spacial score (nSPS) is 29.5. The van der Waals surface area contributed by atoms with Crippen LogP contribution in [-0.4, -0.2) is 68.1 Å². The van der Waals surface area contributed by atoms with Crippen LogP contribution in [0.2, 0.25) is 0 Å². The number of fused-ring (bicyclic) bond motifs is 1. The molecule has 2 atom stereocenters. The van der Waals surface area contributed by atoms with Crippen LogP contribution >= 0.6 is 0 Å². The van der Waals surface area contributed by atoms with E-state index in [1.54, 1.807) is 23.3 Å². The van der Waals surface area contributed by atoms with Gasteiger partial charge in [-0.05, 0) is 25.7 Å². The Morgan fingerprint density at radius 3 is 2.27 bits per heavy atom. The van der Waals surface area contributed by atoms with Crippen LogP contribution in [0.15, 0.2) is 0 Å². The van der Waals surface area contributed by atoms with Crippen molar-refractivity contribution in [3.05, 3.63) is 0 Å². The summed E-state index contributed by atoms with van der Waals surface area (Å²) >= 11 is 0. The van der Waals surface area contributed by atoms with Crippen LogP contribution in [0.5, 0.6) is 0 Å². The molecule has 0 aromatic heterocycles. The van der Waals surface area contributed by atoms with E-state index in [9.17, 15) is 13.2 Å². The maximum absolute atomic E-state index is 12.7. The minimum absolute atomic E-state index is 0.114. The van der Waals surface area contributed by atoms with Crippen LogP contribution in [0, 0.1) is 5.92 Å². The third-order valence-corrected chi connectivity index (χ3v) is 6.89. The maximum Gasteiger partial charge on any atom is 0.281 e. The third kappa shape index (κ3) is 3.63. The molecule has 2 aliphatic rings. The van der Waals surface area contributed by atoms with Crippen LogP contribution in [-0.2, 0) is 15.0 Å². The SMILES string of the molecule is CN1CCCCCCN(S(=O)(=O)N(C)C)[C@H]2CCC[C@H]2C1=O. The number of nitrogens with zero attached hydrogens (tertiary/aromatic N) is 3. The van der Waals surface area contributed by atoms with Crippen molar-refractivity contribution in [2.75, 3.05) is 34.2 Å².